The number of halogens is 1. The van der Waals surface area contributed by atoms with Gasteiger partial charge < -0.3 is 15.4 Å². The third-order valence-electron chi connectivity index (χ3n) is 4.68. The van der Waals surface area contributed by atoms with E-state index in [1.165, 1.54) is 0 Å². The van der Waals surface area contributed by atoms with Gasteiger partial charge in [0.1, 0.15) is 5.75 Å². The number of amides is 2. The van der Waals surface area contributed by atoms with Crippen LogP contribution in [0.2, 0.25) is 5.02 Å². The molecule has 2 N–H and O–H groups in total. The number of benzene rings is 2. The molecule has 0 saturated carbocycles. The summed E-state index contributed by atoms with van der Waals surface area (Å²) in [5, 5.41) is 6.31. The maximum Gasteiger partial charge on any atom is 0.265 e. The summed E-state index contributed by atoms with van der Waals surface area (Å²) >= 11 is 6.06. The lowest BCUT2D eigenvalue weighted by molar-refractivity contribution is -0.122. The van der Waals surface area contributed by atoms with Crippen molar-refractivity contribution >= 4 is 29.1 Å². The number of carbonyl (C=O) groups is 2. The smallest absolute Gasteiger partial charge is 0.265 e. The maximum atomic E-state index is 12.9. The first kappa shape index (κ1) is 22.3. The first-order valence-electron chi connectivity index (χ1n) is 9.97. The molecule has 1 heterocycles. The molecule has 3 aromatic rings. The normalized spacial score (nSPS) is 11.5. The van der Waals surface area contributed by atoms with Crippen LogP contribution in [0.1, 0.15) is 34.8 Å². The van der Waals surface area contributed by atoms with E-state index in [1.807, 2.05) is 26.0 Å². The molecule has 31 heavy (non-hydrogen) atoms. The van der Waals surface area contributed by atoms with Gasteiger partial charge in [-0.1, -0.05) is 36.7 Å². The minimum atomic E-state index is -0.716. The Bertz CT molecular complexity index is 1060. The fraction of sp³-hybridized carbons (Fsp3) is 0.208. The summed E-state index contributed by atoms with van der Waals surface area (Å²) in [6.45, 7) is 4.07. The summed E-state index contributed by atoms with van der Waals surface area (Å²) in [4.78, 5) is 29.6. The molecule has 0 saturated heterocycles. The number of nitrogens with zero attached hydrogens (tertiary/aromatic N) is 1. The second-order valence-corrected chi connectivity index (χ2v) is 7.41. The standard InChI is InChI=1S/C24H24ClN3O3/c1-3-22(31-18-10-11-20(25)16(2)13-18)24(30)28-21-9-5-4-8-19(21)23(29)27-15-17-7-6-12-26-14-17/h4-14,22H,3,15H2,1-2H3,(H,27,29)(H,28,30). The molecule has 0 aliphatic rings. The summed E-state index contributed by atoms with van der Waals surface area (Å²) in [7, 11) is 0. The zero-order chi connectivity index (χ0) is 22.2. The van der Waals surface area contributed by atoms with Crippen molar-refractivity contribution in [3.63, 3.8) is 0 Å². The average Bonchev–Trinajstić information content (AvgIpc) is 2.79. The molecule has 0 spiro atoms. The van der Waals surface area contributed by atoms with Crippen LogP contribution in [0.25, 0.3) is 0 Å². The first-order chi connectivity index (χ1) is 15.0. The number of aromatic nitrogens is 1. The molecule has 0 bridgehead atoms. The molecule has 0 aliphatic heterocycles. The summed E-state index contributed by atoms with van der Waals surface area (Å²) in [6, 6.07) is 15.8. The number of anilines is 1. The number of ether oxygens (including phenoxy) is 1. The van der Waals surface area contributed by atoms with Gasteiger partial charge in [-0.05, 0) is 60.9 Å². The molecule has 6 nitrogen and oxygen atoms in total. The van der Waals surface area contributed by atoms with E-state index in [0.717, 1.165) is 11.1 Å². The van der Waals surface area contributed by atoms with Crippen LogP contribution in [0.4, 0.5) is 5.69 Å². The van der Waals surface area contributed by atoms with Gasteiger partial charge in [-0.15, -0.1) is 0 Å². The van der Waals surface area contributed by atoms with Crippen LogP contribution < -0.4 is 15.4 Å². The van der Waals surface area contributed by atoms with Crippen molar-refractivity contribution in [2.24, 2.45) is 0 Å². The molecular weight excluding hydrogens is 414 g/mol. The number of hydrogen-bond acceptors (Lipinski definition) is 4. The van der Waals surface area contributed by atoms with E-state index in [-0.39, 0.29) is 11.8 Å². The third-order valence-corrected chi connectivity index (χ3v) is 5.10. The summed E-state index contributed by atoms with van der Waals surface area (Å²) in [6.07, 6.45) is 3.11. The molecule has 1 unspecified atom stereocenters. The molecule has 0 fully saturated rings. The van der Waals surface area contributed by atoms with Crippen LogP contribution >= 0.6 is 11.6 Å². The van der Waals surface area contributed by atoms with Gasteiger partial charge in [0.25, 0.3) is 11.8 Å². The Kier molecular flexibility index (Phi) is 7.62. The maximum absolute atomic E-state index is 12.9. The van der Waals surface area contributed by atoms with Gasteiger partial charge in [0.05, 0.1) is 11.3 Å². The highest BCUT2D eigenvalue weighted by Crippen LogP contribution is 2.23. The Morgan fingerprint density at radius 1 is 1.13 bits per heavy atom. The molecule has 3 rings (SSSR count). The molecule has 1 aromatic heterocycles. The quantitative estimate of drug-likeness (QED) is 0.532. The minimum Gasteiger partial charge on any atom is -0.481 e. The van der Waals surface area contributed by atoms with Crippen LogP contribution in [0.3, 0.4) is 0 Å². The molecule has 0 aliphatic carbocycles. The van der Waals surface area contributed by atoms with Crippen LogP contribution in [0.5, 0.6) is 5.75 Å². The topological polar surface area (TPSA) is 80.3 Å². The van der Waals surface area contributed by atoms with Crippen LogP contribution in [0.15, 0.2) is 67.0 Å². The monoisotopic (exact) mass is 437 g/mol. The van der Waals surface area contributed by atoms with Gasteiger partial charge in [0.15, 0.2) is 6.10 Å². The summed E-state index contributed by atoms with van der Waals surface area (Å²) in [5.74, 6) is -0.0592. The van der Waals surface area contributed by atoms with Crippen molar-refractivity contribution in [2.45, 2.75) is 32.9 Å². The predicted molar refractivity (Wildman–Crippen MR) is 121 cm³/mol. The van der Waals surface area contributed by atoms with Crippen molar-refractivity contribution in [2.75, 3.05) is 5.32 Å². The second kappa shape index (κ2) is 10.6. The molecule has 160 valence electrons. The van der Waals surface area contributed by atoms with E-state index < -0.39 is 6.10 Å². The minimum absolute atomic E-state index is 0.290. The van der Waals surface area contributed by atoms with Crippen molar-refractivity contribution in [1.29, 1.82) is 0 Å². The fourth-order valence-corrected chi connectivity index (χ4v) is 3.08. The third kappa shape index (κ3) is 6.06. The Labute approximate surface area is 186 Å². The Morgan fingerprint density at radius 2 is 1.94 bits per heavy atom. The van der Waals surface area contributed by atoms with E-state index in [2.05, 4.69) is 15.6 Å². The molecule has 7 heteroatoms. The van der Waals surface area contributed by atoms with E-state index >= 15 is 0 Å². The lowest BCUT2D eigenvalue weighted by atomic mass is 10.1. The van der Waals surface area contributed by atoms with Gasteiger partial charge >= 0.3 is 0 Å². The first-order valence-corrected chi connectivity index (χ1v) is 10.4. The Morgan fingerprint density at radius 3 is 2.65 bits per heavy atom. The number of para-hydroxylation sites is 1. The summed E-state index contributed by atoms with van der Waals surface area (Å²) in [5.41, 5.74) is 2.54. The molecule has 1 atom stereocenters. The van der Waals surface area contributed by atoms with Crippen molar-refractivity contribution in [3.8, 4) is 5.75 Å². The van der Waals surface area contributed by atoms with Crippen molar-refractivity contribution < 1.29 is 14.3 Å². The lowest BCUT2D eigenvalue weighted by Crippen LogP contribution is -2.33. The van der Waals surface area contributed by atoms with E-state index in [1.54, 1.807) is 54.9 Å². The van der Waals surface area contributed by atoms with E-state index in [0.29, 0.717) is 35.0 Å². The van der Waals surface area contributed by atoms with Crippen LogP contribution in [-0.4, -0.2) is 22.9 Å². The van der Waals surface area contributed by atoms with Crippen molar-refractivity contribution in [3.05, 3.63) is 88.7 Å². The average molecular weight is 438 g/mol. The van der Waals surface area contributed by atoms with E-state index in [4.69, 9.17) is 16.3 Å². The van der Waals surface area contributed by atoms with Gasteiger partial charge in [-0.3, -0.25) is 14.6 Å². The number of nitrogens with one attached hydrogen (secondary N) is 2. The molecule has 2 amide bonds. The highest BCUT2D eigenvalue weighted by atomic mass is 35.5. The van der Waals surface area contributed by atoms with Crippen molar-refractivity contribution in [1.82, 2.24) is 10.3 Å². The second-order valence-electron chi connectivity index (χ2n) is 7.00. The van der Waals surface area contributed by atoms with Gasteiger partial charge in [0, 0.05) is 24.0 Å². The van der Waals surface area contributed by atoms with E-state index in [9.17, 15) is 9.59 Å². The lowest BCUT2D eigenvalue weighted by Gasteiger charge is -2.19. The highest BCUT2D eigenvalue weighted by molar-refractivity contribution is 6.31. The highest BCUT2D eigenvalue weighted by Gasteiger charge is 2.21. The predicted octanol–water partition coefficient (Wildman–Crippen LogP) is 4.77. The van der Waals surface area contributed by atoms with Crippen LogP contribution in [-0.2, 0) is 11.3 Å². The largest absolute Gasteiger partial charge is 0.481 e. The molecular formula is C24H24ClN3O3. The number of carbonyl (C=O) groups excluding carboxylic acids is 2. The SMILES string of the molecule is CCC(Oc1ccc(Cl)c(C)c1)C(=O)Nc1ccccc1C(=O)NCc1cccnc1. The van der Waals surface area contributed by atoms with Crippen LogP contribution in [0, 0.1) is 6.92 Å². The van der Waals surface area contributed by atoms with Gasteiger partial charge in [0.2, 0.25) is 0 Å². The number of hydrogen-bond donors (Lipinski definition) is 2. The number of aryl methyl sites for hydroxylation is 1. The van der Waals surface area contributed by atoms with Gasteiger partial charge in [-0.2, -0.15) is 0 Å². The Balaban J connectivity index is 1.68. The number of pyridine rings is 1. The fourth-order valence-electron chi connectivity index (χ4n) is 2.96. The Hall–Kier alpha value is -3.38. The molecule has 2 aromatic carbocycles. The summed E-state index contributed by atoms with van der Waals surface area (Å²) < 4.78 is 5.86. The zero-order valence-electron chi connectivity index (χ0n) is 17.4. The molecule has 0 radical (unpaired) electrons. The zero-order valence-corrected chi connectivity index (χ0v) is 18.1. The van der Waals surface area contributed by atoms with Gasteiger partial charge in [-0.25, -0.2) is 0 Å². The number of rotatable bonds is 8.